The van der Waals surface area contributed by atoms with E-state index in [0.717, 1.165) is 12.8 Å². The number of aliphatic hydroxyl groups excluding tert-OH is 2. The van der Waals surface area contributed by atoms with Crippen LogP contribution in [0.15, 0.2) is 0 Å². The maximum absolute atomic E-state index is 8.57. The lowest BCUT2D eigenvalue weighted by Crippen LogP contribution is -1.84. The summed E-state index contributed by atoms with van der Waals surface area (Å²) in [5.41, 5.74) is 0. The Bertz CT molecular complexity index is 175. The molecule has 0 saturated carbocycles. The minimum atomic E-state index is 0. The lowest BCUT2D eigenvalue weighted by atomic mass is 10.1. The van der Waals surface area contributed by atoms with Crippen molar-refractivity contribution in [1.29, 1.82) is 0 Å². The third-order valence-corrected chi connectivity index (χ3v) is 5.02. The average molecular weight is 407 g/mol. The standard InChI is InChI=1S/2C12H26O.2H3N/c2*1-2-3-4-5-6-7-8-9-10-11-12-13;;/h2*13H,2-12H2,1H3;2*1H3. The van der Waals surface area contributed by atoms with E-state index in [1.165, 1.54) is 116 Å². The molecule has 0 aromatic carbocycles. The summed E-state index contributed by atoms with van der Waals surface area (Å²) in [6, 6.07) is 0. The molecule has 4 nitrogen and oxygen atoms in total. The summed E-state index contributed by atoms with van der Waals surface area (Å²) in [5.74, 6) is 0. The first kappa shape index (κ1) is 35.3. The van der Waals surface area contributed by atoms with Gasteiger partial charge in [-0.05, 0) is 12.8 Å². The van der Waals surface area contributed by atoms with Gasteiger partial charge in [-0.25, -0.2) is 0 Å². The number of aliphatic hydroxyl groups is 2. The summed E-state index contributed by atoms with van der Waals surface area (Å²) >= 11 is 0. The van der Waals surface area contributed by atoms with Crippen molar-refractivity contribution in [1.82, 2.24) is 12.3 Å². The first-order valence-electron chi connectivity index (χ1n) is 12.0. The quantitative estimate of drug-likeness (QED) is 0.153. The molecule has 8 N–H and O–H groups in total. The third kappa shape index (κ3) is 40.5. The Morgan fingerprint density at radius 2 is 0.500 bits per heavy atom. The van der Waals surface area contributed by atoms with Crippen molar-refractivity contribution in [3.63, 3.8) is 0 Å². The van der Waals surface area contributed by atoms with Crippen LogP contribution in [0.4, 0.5) is 0 Å². The highest BCUT2D eigenvalue weighted by Gasteiger charge is 1.92. The van der Waals surface area contributed by atoms with E-state index in [0.29, 0.717) is 13.2 Å². The Balaban J connectivity index is -0.000000192. The third-order valence-electron chi connectivity index (χ3n) is 5.02. The average Bonchev–Trinajstić information content (AvgIpc) is 2.66. The van der Waals surface area contributed by atoms with Crippen LogP contribution in [-0.2, 0) is 0 Å². The number of rotatable bonds is 20. The minimum absolute atomic E-state index is 0. The van der Waals surface area contributed by atoms with E-state index in [4.69, 9.17) is 10.2 Å². The highest BCUT2D eigenvalue weighted by molar-refractivity contribution is 4.47. The summed E-state index contributed by atoms with van der Waals surface area (Å²) in [5, 5.41) is 17.1. The zero-order valence-electron chi connectivity index (χ0n) is 19.9. The van der Waals surface area contributed by atoms with Crippen LogP contribution in [0.25, 0.3) is 0 Å². The van der Waals surface area contributed by atoms with E-state index in [9.17, 15) is 0 Å². The molecule has 0 aromatic rings. The predicted molar refractivity (Wildman–Crippen MR) is 128 cm³/mol. The molecule has 0 radical (unpaired) electrons. The SMILES string of the molecule is CCCCCCCCCCCCO.CCCCCCCCCCCCO.N.N. The van der Waals surface area contributed by atoms with Gasteiger partial charge in [0.2, 0.25) is 0 Å². The normalized spacial score (nSPS) is 9.86. The zero-order valence-corrected chi connectivity index (χ0v) is 19.9. The molecule has 0 unspecified atom stereocenters. The van der Waals surface area contributed by atoms with Gasteiger partial charge in [0.05, 0.1) is 0 Å². The van der Waals surface area contributed by atoms with Crippen molar-refractivity contribution < 1.29 is 10.2 Å². The summed E-state index contributed by atoms with van der Waals surface area (Å²) in [6.07, 6.45) is 26.6. The molecule has 0 aliphatic rings. The Hall–Kier alpha value is -0.160. The van der Waals surface area contributed by atoms with E-state index >= 15 is 0 Å². The van der Waals surface area contributed by atoms with E-state index in [1.54, 1.807) is 0 Å². The van der Waals surface area contributed by atoms with Gasteiger partial charge < -0.3 is 22.5 Å². The Morgan fingerprint density at radius 1 is 0.321 bits per heavy atom. The van der Waals surface area contributed by atoms with E-state index in [-0.39, 0.29) is 12.3 Å². The summed E-state index contributed by atoms with van der Waals surface area (Å²) in [4.78, 5) is 0. The van der Waals surface area contributed by atoms with Crippen molar-refractivity contribution in [3.8, 4) is 0 Å². The molecule has 0 aliphatic carbocycles. The van der Waals surface area contributed by atoms with Crippen LogP contribution < -0.4 is 12.3 Å². The maximum atomic E-state index is 8.57. The monoisotopic (exact) mass is 406 g/mol. The molecule has 0 bridgehead atoms. The summed E-state index contributed by atoms with van der Waals surface area (Å²) in [7, 11) is 0. The highest BCUT2D eigenvalue weighted by Crippen LogP contribution is 2.11. The van der Waals surface area contributed by atoms with Gasteiger partial charge in [-0.2, -0.15) is 0 Å². The van der Waals surface area contributed by atoms with Gasteiger partial charge in [-0.15, -0.1) is 0 Å². The van der Waals surface area contributed by atoms with Crippen molar-refractivity contribution in [2.24, 2.45) is 0 Å². The molecule has 176 valence electrons. The largest absolute Gasteiger partial charge is 0.396 e. The van der Waals surface area contributed by atoms with Crippen LogP contribution in [0, 0.1) is 0 Å². The van der Waals surface area contributed by atoms with Gasteiger partial charge in [0.1, 0.15) is 0 Å². The van der Waals surface area contributed by atoms with Gasteiger partial charge in [-0.3, -0.25) is 0 Å². The van der Waals surface area contributed by atoms with Gasteiger partial charge in [-0.1, -0.05) is 129 Å². The lowest BCUT2D eigenvalue weighted by Gasteiger charge is -2.00. The molecular weight excluding hydrogens is 348 g/mol. The molecule has 0 saturated heterocycles. The van der Waals surface area contributed by atoms with E-state index in [1.807, 2.05) is 0 Å². The predicted octanol–water partition coefficient (Wildman–Crippen LogP) is 8.12. The fourth-order valence-corrected chi connectivity index (χ4v) is 3.20. The highest BCUT2D eigenvalue weighted by atomic mass is 16.3. The summed E-state index contributed by atoms with van der Waals surface area (Å²) in [6.45, 7) is 5.26. The Morgan fingerprint density at radius 3 is 0.679 bits per heavy atom. The maximum Gasteiger partial charge on any atom is 0.0431 e. The molecule has 28 heavy (non-hydrogen) atoms. The Kier molecular flexibility index (Phi) is 47.4. The second kappa shape index (κ2) is 37.6. The first-order valence-corrected chi connectivity index (χ1v) is 12.0. The molecule has 4 heteroatoms. The topological polar surface area (TPSA) is 110 Å². The van der Waals surface area contributed by atoms with Crippen molar-refractivity contribution >= 4 is 0 Å². The molecule has 0 fully saturated rings. The molecule has 0 atom stereocenters. The molecule has 0 rings (SSSR count). The zero-order chi connectivity index (χ0) is 19.6. The van der Waals surface area contributed by atoms with Crippen molar-refractivity contribution in [2.45, 2.75) is 142 Å². The lowest BCUT2D eigenvalue weighted by molar-refractivity contribution is 0.282. The van der Waals surface area contributed by atoms with E-state index < -0.39 is 0 Å². The van der Waals surface area contributed by atoms with Crippen LogP contribution in [-0.4, -0.2) is 23.4 Å². The first-order chi connectivity index (χ1) is 12.8. The smallest absolute Gasteiger partial charge is 0.0431 e. The van der Waals surface area contributed by atoms with Crippen LogP contribution in [0.1, 0.15) is 142 Å². The van der Waals surface area contributed by atoms with Crippen LogP contribution in [0.2, 0.25) is 0 Å². The molecule has 0 heterocycles. The molecular formula is C24H58N2O2. The summed E-state index contributed by atoms with van der Waals surface area (Å²) < 4.78 is 0. The van der Waals surface area contributed by atoms with Crippen LogP contribution in [0.3, 0.4) is 0 Å². The van der Waals surface area contributed by atoms with Gasteiger partial charge in [0, 0.05) is 13.2 Å². The Labute approximate surface area is 178 Å². The number of unbranched alkanes of at least 4 members (excludes halogenated alkanes) is 18. The van der Waals surface area contributed by atoms with Gasteiger partial charge >= 0.3 is 0 Å². The number of hydrogen-bond donors (Lipinski definition) is 4. The second-order valence-corrected chi connectivity index (χ2v) is 7.81. The minimum Gasteiger partial charge on any atom is -0.396 e. The van der Waals surface area contributed by atoms with E-state index in [2.05, 4.69) is 13.8 Å². The molecule has 0 aromatic heterocycles. The molecule has 0 aliphatic heterocycles. The van der Waals surface area contributed by atoms with Gasteiger partial charge in [0.15, 0.2) is 0 Å². The van der Waals surface area contributed by atoms with Crippen molar-refractivity contribution in [3.05, 3.63) is 0 Å². The van der Waals surface area contributed by atoms with Crippen LogP contribution >= 0.6 is 0 Å². The van der Waals surface area contributed by atoms with Crippen LogP contribution in [0.5, 0.6) is 0 Å². The second-order valence-electron chi connectivity index (χ2n) is 7.81. The fraction of sp³-hybridized carbons (Fsp3) is 1.00. The molecule has 0 amide bonds. The van der Waals surface area contributed by atoms with Crippen molar-refractivity contribution in [2.75, 3.05) is 13.2 Å². The fourth-order valence-electron chi connectivity index (χ4n) is 3.20. The molecule has 0 spiro atoms. The van der Waals surface area contributed by atoms with Gasteiger partial charge in [0.25, 0.3) is 0 Å². The number of hydrogen-bond acceptors (Lipinski definition) is 4.